The van der Waals surface area contributed by atoms with Crippen LogP contribution in [0, 0.1) is 0 Å². The molecule has 0 radical (unpaired) electrons. The number of carbonyl (C=O) groups excluding carboxylic acids is 1. The molecule has 1 aliphatic heterocycles. The number of rotatable bonds is 7. The molecule has 0 bridgehead atoms. The Balaban J connectivity index is 1.33. The number of nitrogens with zero attached hydrogens (tertiary/aromatic N) is 4. The first kappa shape index (κ1) is 21.2. The Morgan fingerprint density at radius 1 is 1.16 bits per heavy atom. The number of nitrogens with one attached hydrogen (secondary N) is 1. The van der Waals surface area contributed by atoms with E-state index in [1.54, 1.807) is 16.8 Å². The van der Waals surface area contributed by atoms with E-state index in [0.29, 0.717) is 28.6 Å². The van der Waals surface area contributed by atoms with Crippen molar-refractivity contribution in [2.75, 3.05) is 17.7 Å². The molecule has 1 amide bonds. The van der Waals surface area contributed by atoms with Crippen molar-refractivity contribution in [3.05, 3.63) is 46.9 Å². The second-order valence-electron chi connectivity index (χ2n) is 8.40. The van der Waals surface area contributed by atoms with Gasteiger partial charge < -0.3 is 10.1 Å². The zero-order valence-corrected chi connectivity index (χ0v) is 18.7. The molecule has 1 N–H and O–H groups in total. The zero-order valence-electron chi connectivity index (χ0n) is 17.9. The van der Waals surface area contributed by atoms with Gasteiger partial charge in [0.1, 0.15) is 5.82 Å². The number of benzene rings is 1. The molecule has 1 saturated heterocycles. The number of anilines is 1. The van der Waals surface area contributed by atoms with E-state index < -0.39 is 0 Å². The highest BCUT2D eigenvalue weighted by molar-refractivity contribution is 7.99. The number of thioether (sulfide) groups is 1. The fraction of sp³-hybridized carbons (Fsp3) is 0.478. The van der Waals surface area contributed by atoms with Crippen LogP contribution in [0.3, 0.4) is 0 Å². The molecule has 8 nitrogen and oxygen atoms in total. The summed E-state index contributed by atoms with van der Waals surface area (Å²) in [5.41, 5.74) is 0.552. The van der Waals surface area contributed by atoms with Crippen LogP contribution in [0.15, 0.2) is 46.5 Å². The first-order chi connectivity index (χ1) is 15.7. The second-order valence-corrected chi connectivity index (χ2v) is 9.34. The molecular formula is C23H27N5O3S. The van der Waals surface area contributed by atoms with Crippen molar-refractivity contribution >= 4 is 34.4 Å². The molecule has 2 fully saturated rings. The lowest BCUT2D eigenvalue weighted by Crippen LogP contribution is -2.29. The van der Waals surface area contributed by atoms with Gasteiger partial charge >= 0.3 is 0 Å². The van der Waals surface area contributed by atoms with E-state index in [9.17, 15) is 9.59 Å². The van der Waals surface area contributed by atoms with E-state index in [0.717, 1.165) is 38.1 Å². The zero-order chi connectivity index (χ0) is 21.9. The van der Waals surface area contributed by atoms with Crippen molar-refractivity contribution in [2.45, 2.75) is 62.4 Å². The summed E-state index contributed by atoms with van der Waals surface area (Å²) >= 11 is 1.28. The van der Waals surface area contributed by atoms with Gasteiger partial charge in [-0.05, 0) is 37.8 Å². The van der Waals surface area contributed by atoms with E-state index >= 15 is 0 Å². The Morgan fingerprint density at radius 2 is 2.00 bits per heavy atom. The third-order valence-electron chi connectivity index (χ3n) is 6.18. The van der Waals surface area contributed by atoms with Gasteiger partial charge in [0.15, 0.2) is 5.16 Å². The smallest absolute Gasteiger partial charge is 0.262 e. The first-order valence-corrected chi connectivity index (χ1v) is 12.2. The van der Waals surface area contributed by atoms with Gasteiger partial charge in [0.05, 0.1) is 41.5 Å². The molecule has 3 heterocycles. The largest absolute Gasteiger partial charge is 0.376 e. The van der Waals surface area contributed by atoms with Crippen molar-refractivity contribution in [3.8, 4) is 0 Å². The van der Waals surface area contributed by atoms with Gasteiger partial charge in [-0.1, -0.05) is 36.7 Å². The Hall–Kier alpha value is -2.65. The molecule has 0 spiro atoms. The van der Waals surface area contributed by atoms with Crippen LogP contribution in [0.2, 0.25) is 0 Å². The number of hydrogen-bond acceptors (Lipinski definition) is 6. The highest BCUT2D eigenvalue weighted by Gasteiger charge is 2.22. The maximum Gasteiger partial charge on any atom is 0.262 e. The van der Waals surface area contributed by atoms with Crippen LogP contribution in [0.5, 0.6) is 0 Å². The molecule has 1 aliphatic carbocycles. The fourth-order valence-corrected chi connectivity index (χ4v) is 5.38. The number of aromatic nitrogens is 4. The van der Waals surface area contributed by atoms with Crippen LogP contribution >= 0.6 is 11.8 Å². The SMILES string of the molecule is O=C(CSc1nc2ccccc2c(=O)n1CC1CCCO1)Nc1ccnn1C1CCCC1. The molecule has 9 heteroatoms. The number of hydrogen-bond donors (Lipinski definition) is 1. The van der Waals surface area contributed by atoms with E-state index in [4.69, 9.17) is 9.72 Å². The Kier molecular flexibility index (Phi) is 6.27. The number of amides is 1. The van der Waals surface area contributed by atoms with Crippen LogP contribution in [-0.4, -0.2) is 43.7 Å². The van der Waals surface area contributed by atoms with Gasteiger partial charge in [-0.25, -0.2) is 9.67 Å². The third-order valence-corrected chi connectivity index (χ3v) is 7.15. The van der Waals surface area contributed by atoms with E-state index in [1.807, 2.05) is 28.9 Å². The molecule has 168 valence electrons. The highest BCUT2D eigenvalue weighted by Crippen LogP contribution is 2.31. The van der Waals surface area contributed by atoms with E-state index in [2.05, 4.69) is 10.4 Å². The molecule has 1 saturated carbocycles. The normalized spacial score (nSPS) is 19.1. The van der Waals surface area contributed by atoms with Crippen LogP contribution in [0.4, 0.5) is 5.82 Å². The molecular weight excluding hydrogens is 426 g/mol. The predicted molar refractivity (Wildman–Crippen MR) is 124 cm³/mol. The van der Waals surface area contributed by atoms with Crippen molar-refractivity contribution in [2.24, 2.45) is 0 Å². The predicted octanol–water partition coefficient (Wildman–Crippen LogP) is 3.62. The fourth-order valence-electron chi connectivity index (χ4n) is 4.57. The molecule has 32 heavy (non-hydrogen) atoms. The summed E-state index contributed by atoms with van der Waals surface area (Å²) < 4.78 is 9.34. The summed E-state index contributed by atoms with van der Waals surface area (Å²) in [4.78, 5) is 30.6. The minimum absolute atomic E-state index is 0.00426. The monoisotopic (exact) mass is 453 g/mol. The Labute approximate surface area is 190 Å². The van der Waals surface area contributed by atoms with Crippen LogP contribution in [0.25, 0.3) is 10.9 Å². The molecule has 3 aromatic rings. The minimum atomic E-state index is -0.138. The lowest BCUT2D eigenvalue weighted by Gasteiger charge is -2.17. The standard InChI is InChI=1S/C23H27N5O3S/c29-21(26-20-11-12-24-28(20)16-6-1-2-7-16)15-32-23-25-19-10-4-3-9-18(19)22(30)27(23)14-17-8-5-13-31-17/h3-4,9-12,16-17H,1-2,5-8,13-15H2,(H,26,29). The van der Waals surface area contributed by atoms with Crippen LogP contribution in [-0.2, 0) is 16.1 Å². The molecule has 1 unspecified atom stereocenters. The van der Waals surface area contributed by atoms with Gasteiger partial charge in [-0.15, -0.1) is 0 Å². The van der Waals surface area contributed by atoms with Gasteiger partial charge in [0, 0.05) is 12.7 Å². The Bertz CT molecular complexity index is 1160. The summed E-state index contributed by atoms with van der Waals surface area (Å²) in [6, 6.07) is 9.52. The highest BCUT2D eigenvalue weighted by atomic mass is 32.2. The summed E-state index contributed by atoms with van der Waals surface area (Å²) in [7, 11) is 0. The third kappa shape index (κ3) is 4.45. The molecule has 2 aliphatic rings. The number of ether oxygens (including phenoxy) is 1. The molecule has 1 aromatic carbocycles. The molecule has 1 atom stereocenters. The first-order valence-electron chi connectivity index (χ1n) is 11.3. The van der Waals surface area contributed by atoms with Crippen molar-refractivity contribution < 1.29 is 9.53 Å². The van der Waals surface area contributed by atoms with Crippen molar-refractivity contribution in [3.63, 3.8) is 0 Å². The maximum absolute atomic E-state index is 13.2. The average molecular weight is 454 g/mol. The second kappa shape index (κ2) is 9.46. The summed E-state index contributed by atoms with van der Waals surface area (Å²) in [5, 5.41) is 8.52. The molecule has 2 aromatic heterocycles. The van der Waals surface area contributed by atoms with Crippen molar-refractivity contribution in [1.29, 1.82) is 0 Å². The lowest BCUT2D eigenvalue weighted by molar-refractivity contribution is -0.113. The van der Waals surface area contributed by atoms with Gasteiger partial charge in [0.2, 0.25) is 5.91 Å². The van der Waals surface area contributed by atoms with Gasteiger partial charge in [-0.2, -0.15) is 5.10 Å². The van der Waals surface area contributed by atoms with Crippen LogP contribution < -0.4 is 10.9 Å². The van der Waals surface area contributed by atoms with Crippen LogP contribution in [0.1, 0.15) is 44.6 Å². The Morgan fingerprint density at radius 3 is 2.81 bits per heavy atom. The van der Waals surface area contributed by atoms with Gasteiger partial charge in [0.25, 0.3) is 5.56 Å². The number of carbonyl (C=O) groups is 1. The van der Waals surface area contributed by atoms with Crippen molar-refractivity contribution in [1.82, 2.24) is 19.3 Å². The maximum atomic E-state index is 13.2. The summed E-state index contributed by atoms with van der Waals surface area (Å²) in [6.07, 6.45) is 8.24. The molecule has 5 rings (SSSR count). The quantitative estimate of drug-likeness (QED) is 0.434. The topological polar surface area (TPSA) is 91.0 Å². The van der Waals surface area contributed by atoms with E-state index in [1.165, 1.54) is 24.6 Å². The van der Waals surface area contributed by atoms with E-state index in [-0.39, 0.29) is 23.3 Å². The summed E-state index contributed by atoms with van der Waals surface area (Å²) in [6.45, 7) is 1.18. The number of fused-ring (bicyclic) bond motifs is 1. The van der Waals surface area contributed by atoms with Gasteiger partial charge in [-0.3, -0.25) is 14.2 Å². The minimum Gasteiger partial charge on any atom is -0.376 e. The average Bonchev–Trinajstić information content (AvgIpc) is 3.57. The number of para-hydroxylation sites is 1. The summed E-state index contributed by atoms with van der Waals surface area (Å²) in [5.74, 6) is 0.748. The lowest BCUT2D eigenvalue weighted by atomic mass is 10.2.